The molecule has 0 aliphatic heterocycles. The molecule has 152 valence electrons. The minimum Gasteiger partial charge on any atom is -0.330 e. The van der Waals surface area contributed by atoms with Gasteiger partial charge in [-0.15, -0.1) is 0 Å². The lowest BCUT2D eigenvalue weighted by molar-refractivity contribution is 0.0995. The van der Waals surface area contributed by atoms with Crippen molar-refractivity contribution in [1.82, 2.24) is 19.7 Å². The SMILES string of the molecule is O=C(c1nc(-c2ccccn2)no1)c1c(Cl)n(Cc2ccc(Cl)cc2)c2ccccc12. The van der Waals surface area contributed by atoms with Gasteiger partial charge >= 0.3 is 0 Å². The molecular formula is C23H14Cl2N4O2. The lowest BCUT2D eigenvalue weighted by Crippen LogP contribution is -2.04. The lowest BCUT2D eigenvalue weighted by Gasteiger charge is -2.07. The van der Waals surface area contributed by atoms with Crippen molar-refractivity contribution in [1.29, 1.82) is 0 Å². The molecule has 0 N–H and O–H groups in total. The molecule has 0 saturated carbocycles. The highest BCUT2D eigenvalue weighted by Gasteiger charge is 2.27. The number of para-hydroxylation sites is 1. The lowest BCUT2D eigenvalue weighted by atomic mass is 10.1. The van der Waals surface area contributed by atoms with Gasteiger partial charge in [-0.05, 0) is 35.9 Å². The van der Waals surface area contributed by atoms with E-state index in [9.17, 15) is 4.79 Å². The average molecular weight is 449 g/mol. The number of pyridine rings is 1. The molecule has 3 aromatic heterocycles. The number of benzene rings is 2. The maximum Gasteiger partial charge on any atom is 0.299 e. The van der Waals surface area contributed by atoms with Gasteiger partial charge in [-0.1, -0.05) is 64.8 Å². The second-order valence-electron chi connectivity index (χ2n) is 6.86. The molecule has 5 rings (SSSR count). The second kappa shape index (κ2) is 7.98. The zero-order valence-electron chi connectivity index (χ0n) is 16.0. The highest BCUT2D eigenvalue weighted by molar-refractivity contribution is 6.36. The van der Waals surface area contributed by atoms with Crippen LogP contribution in [0.15, 0.2) is 77.4 Å². The molecule has 2 aromatic carbocycles. The molecule has 8 heteroatoms. The van der Waals surface area contributed by atoms with Crippen molar-refractivity contribution in [3.63, 3.8) is 0 Å². The van der Waals surface area contributed by atoms with Crippen LogP contribution in [0.5, 0.6) is 0 Å². The Bertz CT molecular complexity index is 1390. The van der Waals surface area contributed by atoms with Crippen LogP contribution in [0.3, 0.4) is 0 Å². The summed E-state index contributed by atoms with van der Waals surface area (Å²) in [5, 5.41) is 5.57. The fourth-order valence-electron chi connectivity index (χ4n) is 3.44. The number of hydrogen-bond donors (Lipinski definition) is 0. The van der Waals surface area contributed by atoms with Crippen LogP contribution in [0.2, 0.25) is 10.2 Å². The molecule has 31 heavy (non-hydrogen) atoms. The molecule has 0 amide bonds. The standard InChI is InChI=1S/C23H14Cl2N4O2/c24-15-10-8-14(9-11-15)13-29-18-7-2-1-5-16(18)19(21(29)25)20(30)23-27-22(28-31-23)17-6-3-4-12-26-17/h1-12H,13H2. The molecule has 0 unspecified atom stereocenters. The molecule has 0 bridgehead atoms. The molecule has 3 heterocycles. The molecule has 0 radical (unpaired) electrons. The van der Waals surface area contributed by atoms with Crippen LogP contribution in [0, 0.1) is 0 Å². The summed E-state index contributed by atoms with van der Waals surface area (Å²) < 4.78 is 7.13. The van der Waals surface area contributed by atoms with Crippen molar-refractivity contribution in [2.24, 2.45) is 0 Å². The van der Waals surface area contributed by atoms with Gasteiger partial charge in [0.2, 0.25) is 5.82 Å². The maximum atomic E-state index is 13.3. The first-order valence-electron chi connectivity index (χ1n) is 9.43. The van der Waals surface area contributed by atoms with E-state index in [4.69, 9.17) is 27.7 Å². The summed E-state index contributed by atoms with van der Waals surface area (Å²) in [6.45, 7) is 0.479. The van der Waals surface area contributed by atoms with Gasteiger partial charge < -0.3 is 9.09 Å². The molecule has 0 fully saturated rings. The molecule has 6 nitrogen and oxygen atoms in total. The number of halogens is 2. The Kier molecular flexibility index (Phi) is 5.02. The first kappa shape index (κ1) is 19.5. The van der Waals surface area contributed by atoms with Crippen LogP contribution in [0.4, 0.5) is 0 Å². The highest BCUT2D eigenvalue weighted by atomic mass is 35.5. The summed E-state index contributed by atoms with van der Waals surface area (Å²) in [4.78, 5) is 21.7. The Morgan fingerprint density at radius 1 is 0.968 bits per heavy atom. The summed E-state index contributed by atoms with van der Waals surface area (Å²) in [5.74, 6) is -0.340. The number of hydrogen-bond acceptors (Lipinski definition) is 5. The Hall–Kier alpha value is -3.48. The third kappa shape index (κ3) is 3.60. The summed E-state index contributed by atoms with van der Waals surface area (Å²) in [5.41, 5.74) is 2.67. The van der Waals surface area contributed by atoms with E-state index in [0.717, 1.165) is 11.1 Å². The van der Waals surface area contributed by atoms with Gasteiger partial charge in [0.05, 0.1) is 11.1 Å². The van der Waals surface area contributed by atoms with Crippen LogP contribution in [0.25, 0.3) is 22.4 Å². The van der Waals surface area contributed by atoms with Crippen molar-refractivity contribution in [3.8, 4) is 11.5 Å². The zero-order valence-corrected chi connectivity index (χ0v) is 17.5. The predicted octanol–water partition coefficient (Wildman–Crippen LogP) is 5.67. The molecule has 0 atom stereocenters. The van der Waals surface area contributed by atoms with Crippen molar-refractivity contribution >= 4 is 39.9 Å². The number of carbonyl (C=O) groups is 1. The Balaban J connectivity index is 1.57. The Morgan fingerprint density at radius 3 is 2.52 bits per heavy atom. The van der Waals surface area contributed by atoms with Gasteiger partial charge in [-0.3, -0.25) is 9.78 Å². The number of fused-ring (bicyclic) bond motifs is 1. The summed E-state index contributed by atoms with van der Waals surface area (Å²) in [7, 11) is 0. The van der Waals surface area contributed by atoms with E-state index < -0.39 is 5.78 Å². The van der Waals surface area contributed by atoms with Gasteiger partial charge in [-0.2, -0.15) is 4.98 Å². The molecular weight excluding hydrogens is 435 g/mol. The number of ketones is 1. The van der Waals surface area contributed by atoms with Crippen molar-refractivity contribution < 1.29 is 9.32 Å². The fourth-order valence-corrected chi connectivity index (χ4v) is 3.90. The predicted molar refractivity (Wildman–Crippen MR) is 118 cm³/mol. The Morgan fingerprint density at radius 2 is 1.74 bits per heavy atom. The molecule has 0 saturated heterocycles. The van der Waals surface area contributed by atoms with Gasteiger partial charge in [0, 0.05) is 23.2 Å². The van der Waals surface area contributed by atoms with E-state index in [1.165, 1.54) is 0 Å². The van der Waals surface area contributed by atoms with E-state index in [1.807, 2.05) is 53.1 Å². The largest absolute Gasteiger partial charge is 0.330 e. The average Bonchev–Trinajstić information content (AvgIpc) is 3.40. The maximum absolute atomic E-state index is 13.3. The molecule has 5 aromatic rings. The summed E-state index contributed by atoms with van der Waals surface area (Å²) in [6.07, 6.45) is 1.62. The third-order valence-electron chi connectivity index (χ3n) is 4.90. The van der Waals surface area contributed by atoms with Crippen molar-refractivity contribution in [2.75, 3.05) is 0 Å². The van der Waals surface area contributed by atoms with Crippen LogP contribution >= 0.6 is 23.2 Å². The van der Waals surface area contributed by atoms with E-state index in [2.05, 4.69) is 15.1 Å². The van der Waals surface area contributed by atoms with Gasteiger partial charge in [0.1, 0.15) is 10.8 Å². The molecule has 0 aliphatic carbocycles. The summed E-state index contributed by atoms with van der Waals surface area (Å²) in [6, 6.07) is 20.3. The zero-order chi connectivity index (χ0) is 21.4. The summed E-state index contributed by atoms with van der Waals surface area (Å²) >= 11 is 12.7. The first-order valence-corrected chi connectivity index (χ1v) is 10.2. The van der Waals surface area contributed by atoms with Crippen molar-refractivity contribution in [3.05, 3.63) is 100 Å². The van der Waals surface area contributed by atoms with Crippen LogP contribution < -0.4 is 0 Å². The van der Waals surface area contributed by atoms with Crippen LogP contribution in [-0.4, -0.2) is 25.5 Å². The number of rotatable bonds is 5. The first-order chi connectivity index (χ1) is 15.1. The van der Waals surface area contributed by atoms with E-state index >= 15 is 0 Å². The van der Waals surface area contributed by atoms with E-state index in [0.29, 0.717) is 33.4 Å². The quantitative estimate of drug-likeness (QED) is 0.323. The van der Waals surface area contributed by atoms with Gasteiger partial charge in [-0.25, -0.2) is 0 Å². The van der Waals surface area contributed by atoms with Crippen LogP contribution in [0.1, 0.15) is 21.8 Å². The third-order valence-corrected chi connectivity index (χ3v) is 5.55. The number of aromatic nitrogens is 4. The minimum atomic E-state index is -0.439. The van der Waals surface area contributed by atoms with E-state index in [1.54, 1.807) is 24.4 Å². The Labute approximate surface area is 187 Å². The second-order valence-corrected chi connectivity index (χ2v) is 7.66. The monoisotopic (exact) mass is 448 g/mol. The normalized spacial score (nSPS) is 11.2. The highest BCUT2D eigenvalue weighted by Crippen LogP contribution is 2.33. The number of nitrogens with zero attached hydrogens (tertiary/aromatic N) is 4. The van der Waals surface area contributed by atoms with Gasteiger partial charge in [0.15, 0.2) is 0 Å². The van der Waals surface area contributed by atoms with Crippen molar-refractivity contribution in [2.45, 2.75) is 6.54 Å². The smallest absolute Gasteiger partial charge is 0.299 e. The van der Waals surface area contributed by atoms with E-state index in [-0.39, 0.29) is 11.7 Å². The molecule has 0 spiro atoms. The topological polar surface area (TPSA) is 73.8 Å². The number of carbonyl (C=O) groups excluding carboxylic acids is 1. The van der Waals surface area contributed by atoms with Crippen LogP contribution in [-0.2, 0) is 6.54 Å². The fraction of sp³-hybridized carbons (Fsp3) is 0.0435. The minimum absolute atomic E-state index is 0.142. The molecule has 0 aliphatic rings. The van der Waals surface area contributed by atoms with Gasteiger partial charge in [0.25, 0.3) is 11.7 Å².